The Morgan fingerprint density at radius 3 is 2.56 bits per heavy atom. The van der Waals surface area contributed by atoms with Gasteiger partial charge in [-0.15, -0.1) is 10.2 Å². The SMILES string of the molecule is CNC(=O)Cc1nnc(-c2ccc(-c3cccc([C@H]4OC(CO)CC(O)C4O)c3)cc2)o1. The minimum atomic E-state index is -1.07. The van der Waals surface area contributed by atoms with Crippen LogP contribution in [0.2, 0.25) is 0 Å². The van der Waals surface area contributed by atoms with E-state index in [1.54, 1.807) is 7.05 Å². The molecule has 1 amide bonds. The summed E-state index contributed by atoms with van der Waals surface area (Å²) in [5.41, 5.74) is 3.26. The number of nitrogens with zero attached hydrogens (tertiary/aromatic N) is 2. The number of hydrogen-bond donors (Lipinski definition) is 4. The molecule has 3 unspecified atom stereocenters. The molecule has 0 saturated carbocycles. The molecule has 9 heteroatoms. The standard InChI is InChI=1S/C23H25N3O6/c1-24-19(29)11-20-25-26-23(32-20)14-7-5-13(6-8-14)15-3-2-4-16(9-15)22-21(30)18(28)10-17(12-27)31-22/h2-9,17-18,21-22,27-28,30H,10-12H2,1H3,(H,24,29)/t17?,18?,21?,22-/m1/s1. The third-order valence-corrected chi connectivity index (χ3v) is 5.49. The lowest BCUT2D eigenvalue weighted by molar-refractivity contribution is -0.179. The van der Waals surface area contributed by atoms with Crippen molar-refractivity contribution in [2.45, 2.75) is 37.3 Å². The molecule has 0 bridgehead atoms. The zero-order chi connectivity index (χ0) is 22.7. The largest absolute Gasteiger partial charge is 0.420 e. The molecule has 3 aromatic rings. The third kappa shape index (κ3) is 4.71. The Bertz CT molecular complexity index is 1070. The Morgan fingerprint density at radius 2 is 1.84 bits per heavy atom. The maximum Gasteiger partial charge on any atom is 0.247 e. The summed E-state index contributed by atoms with van der Waals surface area (Å²) < 4.78 is 11.4. The summed E-state index contributed by atoms with van der Waals surface area (Å²) in [5.74, 6) is 0.359. The monoisotopic (exact) mass is 439 g/mol. The van der Waals surface area contributed by atoms with Gasteiger partial charge in [0.1, 0.15) is 18.6 Å². The van der Waals surface area contributed by atoms with Gasteiger partial charge in [0.05, 0.1) is 18.8 Å². The molecule has 2 heterocycles. The van der Waals surface area contributed by atoms with Gasteiger partial charge in [0.2, 0.25) is 17.7 Å². The minimum absolute atomic E-state index is 0.0231. The summed E-state index contributed by atoms with van der Waals surface area (Å²) in [5, 5.41) is 40.3. The van der Waals surface area contributed by atoms with E-state index < -0.39 is 24.4 Å². The highest BCUT2D eigenvalue weighted by Gasteiger charge is 2.37. The molecule has 4 rings (SSSR count). The van der Waals surface area contributed by atoms with Crippen LogP contribution in [0.3, 0.4) is 0 Å². The van der Waals surface area contributed by atoms with Gasteiger partial charge in [-0.2, -0.15) is 0 Å². The number of aliphatic hydroxyl groups is 3. The lowest BCUT2D eigenvalue weighted by atomic mass is 9.91. The van der Waals surface area contributed by atoms with Crippen molar-refractivity contribution in [3.05, 3.63) is 60.0 Å². The second kappa shape index (κ2) is 9.58. The van der Waals surface area contributed by atoms with Crippen LogP contribution in [0.1, 0.15) is 24.0 Å². The van der Waals surface area contributed by atoms with E-state index in [9.17, 15) is 20.1 Å². The molecule has 1 aliphatic heterocycles. The van der Waals surface area contributed by atoms with Gasteiger partial charge in [0, 0.05) is 19.0 Å². The van der Waals surface area contributed by atoms with E-state index in [2.05, 4.69) is 15.5 Å². The number of aliphatic hydroxyl groups excluding tert-OH is 3. The number of ether oxygens (including phenoxy) is 1. The fourth-order valence-electron chi connectivity index (χ4n) is 3.72. The summed E-state index contributed by atoms with van der Waals surface area (Å²) in [6.07, 6.45) is -3.07. The van der Waals surface area contributed by atoms with Gasteiger partial charge in [0.25, 0.3) is 0 Å². The van der Waals surface area contributed by atoms with E-state index in [1.165, 1.54) is 0 Å². The zero-order valence-electron chi connectivity index (χ0n) is 17.5. The number of benzene rings is 2. The van der Waals surface area contributed by atoms with E-state index in [-0.39, 0.29) is 31.2 Å². The van der Waals surface area contributed by atoms with Crippen molar-refractivity contribution in [2.24, 2.45) is 0 Å². The summed E-state index contributed by atoms with van der Waals surface area (Å²) in [6, 6.07) is 15.0. The van der Waals surface area contributed by atoms with Crippen LogP contribution in [0.25, 0.3) is 22.6 Å². The van der Waals surface area contributed by atoms with Crippen molar-refractivity contribution >= 4 is 5.91 Å². The molecule has 0 spiro atoms. The minimum Gasteiger partial charge on any atom is -0.420 e. The molecular formula is C23H25N3O6. The predicted octanol–water partition coefficient (Wildman–Crippen LogP) is 1.24. The summed E-state index contributed by atoms with van der Waals surface area (Å²) >= 11 is 0. The Hall–Kier alpha value is -3.11. The topological polar surface area (TPSA) is 138 Å². The van der Waals surface area contributed by atoms with E-state index in [0.717, 1.165) is 16.7 Å². The van der Waals surface area contributed by atoms with Crippen molar-refractivity contribution in [1.82, 2.24) is 15.5 Å². The first-order valence-electron chi connectivity index (χ1n) is 10.3. The molecule has 1 saturated heterocycles. The Balaban J connectivity index is 1.53. The molecule has 1 fully saturated rings. The van der Waals surface area contributed by atoms with Crippen LogP contribution in [-0.2, 0) is 16.0 Å². The Morgan fingerprint density at radius 1 is 1.09 bits per heavy atom. The quantitative estimate of drug-likeness (QED) is 0.450. The Labute approximate surface area is 184 Å². The van der Waals surface area contributed by atoms with Gasteiger partial charge in [-0.1, -0.05) is 30.3 Å². The third-order valence-electron chi connectivity index (χ3n) is 5.49. The lowest BCUT2D eigenvalue weighted by Crippen LogP contribution is -2.44. The van der Waals surface area contributed by atoms with Crippen molar-refractivity contribution in [3.8, 4) is 22.6 Å². The lowest BCUT2D eigenvalue weighted by Gasteiger charge is -2.37. The van der Waals surface area contributed by atoms with Crippen molar-refractivity contribution in [3.63, 3.8) is 0 Å². The molecule has 32 heavy (non-hydrogen) atoms. The molecule has 2 aromatic carbocycles. The molecule has 4 atom stereocenters. The van der Waals surface area contributed by atoms with Gasteiger partial charge >= 0.3 is 0 Å². The number of carbonyl (C=O) groups excluding carboxylic acids is 1. The molecule has 1 aliphatic rings. The highest BCUT2D eigenvalue weighted by Crippen LogP contribution is 2.34. The molecule has 9 nitrogen and oxygen atoms in total. The van der Waals surface area contributed by atoms with E-state index in [4.69, 9.17) is 9.15 Å². The normalized spacial score (nSPS) is 23.1. The van der Waals surface area contributed by atoms with E-state index in [1.807, 2.05) is 48.5 Å². The number of amides is 1. The highest BCUT2D eigenvalue weighted by atomic mass is 16.5. The van der Waals surface area contributed by atoms with Crippen LogP contribution in [0.15, 0.2) is 52.9 Å². The Kier molecular flexibility index (Phi) is 6.61. The van der Waals surface area contributed by atoms with Crippen LogP contribution in [0.5, 0.6) is 0 Å². The number of nitrogens with one attached hydrogen (secondary N) is 1. The predicted molar refractivity (Wildman–Crippen MR) is 114 cm³/mol. The number of hydrogen-bond acceptors (Lipinski definition) is 8. The first-order chi connectivity index (χ1) is 15.5. The van der Waals surface area contributed by atoms with Crippen LogP contribution in [-0.4, -0.2) is 63.4 Å². The molecule has 0 radical (unpaired) electrons. The fourth-order valence-corrected chi connectivity index (χ4v) is 3.72. The zero-order valence-corrected chi connectivity index (χ0v) is 17.5. The molecule has 0 aliphatic carbocycles. The smallest absolute Gasteiger partial charge is 0.247 e. The van der Waals surface area contributed by atoms with E-state index >= 15 is 0 Å². The van der Waals surface area contributed by atoms with Crippen molar-refractivity contribution < 1.29 is 29.3 Å². The molecule has 4 N–H and O–H groups in total. The number of carbonyl (C=O) groups is 1. The number of rotatable bonds is 6. The summed E-state index contributed by atoms with van der Waals surface area (Å²) in [7, 11) is 1.54. The maximum atomic E-state index is 11.5. The average Bonchev–Trinajstić information content (AvgIpc) is 3.29. The molecule has 168 valence electrons. The van der Waals surface area contributed by atoms with Crippen LogP contribution >= 0.6 is 0 Å². The first kappa shape index (κ1) is 22.1. The summed E-state index contributed by atoms with van der Waals surface area (Å²) in [4.78, 5) is 11.5. The van der Waals surface area contributed by atoms with Crippen LogP contribution in [0.4, 0.5) is 0 Å². The van der Waals surface area contributed by atoms with Gasteiger partial charge in [-0.05, 0) is 34.9 Å². The van der Waals surface area contributed by atoms with Crippen LogP contribution < -0.4 is 5.32 Å². The number of aromatic nitrogens is 2. The van der Waals surface area contributed by atoms with Crippen LogP contribution in [0, 0.1) is 0 Å². The molecular weight excluding hydrogens is 414 g/mol. The van der Waals surface area contributed by atoms with Crippen molar-refractivity contribution in [2.75, 3.05) is 13.7 Å². The molecule has 1 aromatic heterocycles. The van der Waals surface area contributed by atoms with Gasteiger partial charge in [-0.25, -0.2) is 0 Å². The highest BCUT2D eigenvalue weighted by molar-refractivity contribution is 5.77. The van der Waals surface area contributed by atoms with Gasteiger partial charge in [-0.3, -0.25) is 4.79 Å². The average molecular weight is 439 g/mol. The summed E-state index contributed by atoms with van der Waals surface area (Å²) in [6.45, 7) is -0.220. The second-order valence-corrected chi connectivity index (χ2v) is 7.71. The maximum absolute atomic E-state index is 11.5. The van der Waals surface area contributed by atoms with Gasteiger partial charge in [0.15, 0.2) is 0 Å². The van der Waals surface area contributed by atoms with Crippen molar-refractivity contribution in [1.29, 1.82) is 0 Å². The fraction of sp³-hybridized carbons (Fsp3) is 0.348. The van der Waals surface area contributed by atoms with E-state index in [0.29, 0.717) is 11.5 Å². The second-order valence-electron chi connectivity index (χ2n) is 7.71. The first-order valence-corrected chi connectivity index (χ1v) is 10.3. The number of likely N-dealkylation sites (N-methyl/N-ethyl adjacent to an activating group) is 1. The van der Waals surface area contributed by atoms with Gasteiger partial charge < -0.3 is 29.8 Å².